The fourth-order valence-electron chi connectivity index (χ4n) is 2.56. The van der Waals surface area contributed by atoms with Gasteiger partial charge < -0.3 is 18.6 Å². The molecule has 24 heavy (non-hydrogen) atoms. The predicted octanol–water partition coefficient (Wildman–Crippen LogP) is 2.95. The van der Waals surface area contributed by atoms with Crippen molar-refractivity contribution in [3.63, 3.8) is 0 Å². The summed E-state index contributed by atoms with van der Waals surface area (Å²) in [5.74, 6) is 1.74. The lowest BCUT2D eigenvalue weighted by Crippen LogP contribution is -2.37. The van der Waals surface area contributed by atoms with Gasteiger partial charge in [0.25, 0.3) is 11.8 Å². The number of rotatable bonds is 5. The van der Waals surface area contributed by atoms with Crippen LogP contribution in [0.1, 0.15) is 43.8 Å². The van der Waals surface area contributed by atoms with Crippen molar-refractivity contribution < 1.29 is 18.4 Å². The average molecular weight is 332 g/mol. The van der Waals surface area contributed by atoms with Crippen LogP contribution in [0.15, 0.2) is 21.0 Å². The molecule has 130 valence electrons. The molecule has 6 nitrogen and oxygen atoms in total. The molecular weight excluding hydrogens is 308 g/mol. The van der Waals surface area contributed by atoms with Gasteiger partial charge in [0.15, 0.2) is 11.5 Å². The minimum atomic E-state index is -0.188. The number of amides is 2. The van der Waals surface area contributed by atoms with E-state index in [4.69, 9.17) is 8.83 Å². The number of hydrogen-bond acceptors (Lipinski definition) is 4. The molecule has 2 heterocycles. The van der Waals surface area contributed by atoms with E-state index in [1.54, 1.807) is 23.9 Å². The van der Waals surface area contributed by atoms with Crippen LogP contribution in [-0.2, 0) is 0 Å². The van der Waals surface area contributed by atoms with Crippen LogP contribution in [0.4, 0.5) is 0 Å². The highest BCUT2D eigenvalue weighted by molar-refractivity contribution is 5.93. The van der Waals surface area contributed by atoms with E-state index in [0.717, 1.165) is 11.1 Å². The standard InChI is InChI=1S/C18H24N2O4/c1-11-9-13(3)23-15(11)17(21)19(5)7-8-20(6)18(22)16-12(2)10-14(4)24-16/h9-10H,7-8H2,1-6H3. The summed E-state index contributed by atoms with van der Waals surface area (Å²) in [4.78, 5) is 27.9. The van der Waals surface area contributed by atoms with Gasteiger partial charge in [0.05, 0.1) is 0 Å². The van der Waals surface area contributed by atoms with Crippen LogP contribution in [0, 0.1) is 27.7 Å². The van der Waals surface area contributed by atoms with E-state index in [2.05, 4.69) is 0 Å². The number of nitrogens with zero attached hydrogens (tertiary/aromatic N) is 2. The Bertz CT molecular complexity index is 693. The number of carbonyl (C=O) groups is 2. The maximum atomic E-state index is 12.4. The minimum Gasteiger partial charge on any atom is -0.456 e. The van der Waals surface area contributed by atoms with Gasteiger partial charge in [0.1, 0.15) is 11.5 Å². The molecule has 6 heteroatoms. The van der Waals surface area contributed by atoms with E-state index in [-0.39, 0.29) is 11.8 Å². The second kappa shape index (κ2) is 6.95. The van der Waals surface area contributed by atoms with E-state index in [1.807, 2.05) is 39.8 Å². The van der Waals surface area contributed by atoms with Gasteiger partial charge in [0, 0.05) is 38.3 Å². The minimum absolute atomic E-state index is 0.188. The highest BCUT2D eigenvalue weighted by Gasteiger charge is 2.22. The van der Waals surface area contributed by atoms with Gasteiger partial charge in [-0.3, -0.25) is 9.59 Å². The predicted molar refractivity (Wildman–Crippen MR) is 90.3 cm³/mol. The molecule has 0 saturated carbocycles. The summed E-state index contributed by atoms with van der Waals surface area (Å²) in [6, 6.07) is 3.66. The van der Waals surface area contributed by atoms with Crippen LogP contribution in [0.25, 0.3) is 0 Å². The lowest BCUT2D eigenvalue weighted by molar-refractivity contribution is 0.0684. The Kier molecular flexibility index (Phi) is 5.17. The van der Waals surface area contributed by atoms with Crippen LogP contribution >= 0.6 is 0 Å². The van der Waals surface area contributed by atoms with Gasteiger partial charge in [-0.25, -0.2) is 0 Å². The van der Waals surface area contributed by atoms with Crippen molar-refractivity contribution in [1.82, 2.24) is 9.80 Å². The fraction of sp³-hybridized carbons (Fsp3) is 0.444. The Morgan fingerprint density at radius 3 is 1.38 bits per heavy atom. The number of hydrogen-bond donors (Lipinski definition) is 0. The van der Waals surface area contributed by atoms with E-state index in [1.165, 1.54) is 0 Å². The van der Waals surface area contributed by atoms with Gasteiger partial charge in [-0.05, 0) is 39.8 Å². The van der Waals surface area contributed by atoms with Crippen LogP contribution in [0.3, 0.4) is 0 Å². The first-order valence-corrected chi connectivity index (χ1v) is 7.85. The molecule has 0 aliphatic carbocycles. The van der Waals surface area contributed by atoms with Crippen molar-refractivity contribution in [2.75, 3.05) is 27.2 Å². The van der Waals surface area contributed by atoms with Crippen molar-refractivity contribution in [3.8, 4) is 0 Å². The fourth-order valence-corrected chi connectivity index (χ4v) is 2.56. The van der Waals surface area contributed by atoms with Gasteiger partial charge in [0.2, 0.25) is 0 Å². The van der Waals surface area contributed by atoms with E-state index >= 15 is 0 Å². The van der Waals surface area contributed by atoms with Crippen LogP contribution in [0.5, 0.6) is 0 Å². The molecule has 0 aliphatic rings. The van der Waals surface area contributed by atoms with E-state index in [0.29, 0.717) is 36.1 Å². The first-order chi connectivity index (χ1) is 11.2. The number of carbonyl (C=O) groups excluding carboxylic acids is 2. The zero-order chi connectivity index (χ0) is 18.0. The Hall–Kier alpha value is -2.50. The quantitative estimate of drug-likeness (QED) is 0.844. The third-order valence-electron chi connectivity index (χ3n) is 3.93. The third kappa shape index (κ3) is 3.69. The van der Waals surface area contributed by atoms with E-state index in [9.17, 15) is 9.59 Å². The first kappa shape index (κ1) is 17.8. The van der Waals surface area contributed by atoms with Gasteiger partial charge >= 0.3 is 0 Å². The first-order valence-electron chi connectivity index (χ1n) is 7.85. The van der Waals surface area contributed by atoms with Crippen LogP contribution in [-0.4, -0.2) is 48.8 Å². The van der Waals surface area contributed by atoms with Gasteiger partial charge in [-0.15, -0.1) is 0 Å². The second-order valence-corrected chi connectivity index (χ2v) is 6.19. The molecule has 0 saturated heterocycles. The molecule has 2 amide bonds. The van der Waals surface area contributed by atoms with Gasteiger partial charge in [-0.2, -0.15) is 0 Å². The Morgan fingerprint density at radius 2 is 1.12 bits per heavy atom. The highest BCUT2D eigenvalue weighted by Crippen LogP contribution is 2.17. The maximum Gasteiger partial charge on any atom is 0.289 e. The molecule has 0 atom stereocenters. The lowest BCUT2D eigenvalue weighted by Gasteiger charge is -2.21. The van der Waals surface area contributed by atoms with Crippen molar-refractivity contribution in [2.45, 2.75) is 27.7 Å². The van der Waals surface area contributed by atoms with Crippen molar-refractivity contribution in [2.24, 2.45) is 0 Å². The van der Waals surface area contributed by atoms with Crippen molar-refractivity contribution in [1.29, 1.82) is 0 Å². The molecule has 0 aliphatic heterocycles. The molecule has 0 N–H and O–H groups in total. The lowest BCUT2D eigenvalue weighted by atomic mass is 10.2. The summed E-state index contributed by atoms with van der Waals surface area (Å²) in [5, 5.41) is 0. The van der Waals surface area contributed by atoms with E-state index < -0.39 is 0 Å². The zero-order valence-electron chi connectivity index (χ0n) is 15.1. The molecule has 0 aromatic carbocycles. The molecule has 2 rings (SSSR count). The van der Waals surface area contributed by atoms with Crippen LogP contribution < -0.4 is 0 Å². The smallest absolute Gasteiger partial charge is 0.289 e. The summed E-state index contributed by atoms with van der Waals surface area (Å²) in [6.45, 7) is 8.11. The van der Waals surface area contributed by atoms with Crippen LogP contribution in [0.2, 0.25) is 0 Å². The molecule has 0 bridgehead atoms. The average Bonchev–Trinajstić information content (AvgIpc) is 3.03. The summed E-state index contributed by atoms with van der Waals surface area (Å²) >= 11 is 0. The third-order valence-corrected chi connectivity index (χ3v) is 3.93. The summed E-state index contributed by atoms with van der Waals surface area (Å²) in [6.07, 6.45) is 0. The molecule has 2 aromatic rings. The number of likely N-dealkylation sites (N-methyl/N-ethyl adjacent to an activating group) is 2. The SMILES string of the molecule is Cc1cc(C)c(C(=O)N(C)CCN(C)C(=O)c2oc(C)cc2C)o1. The molecule has 0 unspecified atom stereocenters. The Morgan fingerprint density at radius 1 is 0.792 bits per heavy atom. The summed E-state index contributed by atoms with van der Waals surface area (Å²) in [5.41, 5.74) is 1.63. The largest absolute Gasteiger partial charge is 0.456 e. The second-order valence-electron chi connectivity index (χ2n) is 6.19. The molecule has 0 fully saturated rings. The molecule has 0 spiro atoms. The summed E-state index contributed by atoms with van der Waals surface area (Å²) < 4.78 is 10.9. The molecular formula is C18H24N2O4. The zero-order valence-corrected chi connectivity index (χ0v) is 15.1. The number of aryl methyl sites for hydroxylation is 4. The van der Waals surface area contributed by atoms with Crippen molar-refractivity contribution in [3.05, 3.63) is 46.3 Å². The summed E-state index contributed by atoms with van der Waals surface area (Å²) in [7, 11) is 3.39. The van der Waals surface area contributed by atoms with Gasteiger partial charge in [-0.1, -0.05) is 0 Å². The molecule has 0 radical (unpaired) electrons. The number of furan rings is 2. The maximum absolute atomic E-state index is 12.4. The monoisotopic (exact) mass is 332 g/mol. The topological polar surface area (TPSA) is 66.9 Å². The van der Waals surface area contributed by atoms with Crippen molar-refractivity contribution >= 4 is 11.8 Å². The Labute approximate surface area is 142 Å². The highest BCUT2D eigenvalue weighted by atomic mass is 16.4. The molecule has 2 aromatic heterocycles. The normalized spacial score (nSPS) is 10.8. The Balaban J connectivity index is 1.97.